The Morgan fingerprint density at radius 2 is 1.76 bits per heavy atom. The molecule has 1 fully saturated rings. The molecule has 0 aliphatic carbocycles. The SMILES string of the molecule is CC(C)(C)CC1NC(C(=O)O)C(c2cccc(Cl)c2F)C1(C#N)c1ncc(Cl)cc1F.O=C(O)C(F)(F)F. The molecule has 206 valence electrons. The van der Waals surface area contributed by atoms with Crippen molar-refractivity contribution in [2.24, 2.45) is 5.41 Å². The zero-order valence-electron chi connectivity index (χ0n) is 20.1. The zero-order chi connectivity index (χ0) is 29.2. The van der Waals surface area contributed by atoms with E-state index in [-0.39, 0.29) is 26.7 Å². The molecule has 38 heavy (non-hydrogen) atoms. The van der Waals surface area contributed by atoms with Crippen LogP contribution in [0.4, 0.5) is 22.0 Å². The lowest BCUT2D eigenvalue weighted by Crippen LogP contribution is -2.45. The van der Waals surface area contributed by atoms with Gasteiger partial charge in [-0.2, -0.15) is 18.4 Å². The topological polar surface area (TPSA) is 123 Å². The molecule has 1 aromatic carbocycles. The molecular formula is C24H22Cl2F5N3O4. The van der Waals surface area contributed by atoms with Crippen molar-refractivity contribution in [2.45, 2.75) is 56.8 Å². The second-order valence-electron chi connectivity index (χ2n) is 9.69. The third kappa shape index (κ3) is 6.51. The van der Waals surface area contributed by atoms with Crippen LogP contribution in [0.15, 0.2) is 30.5 Å². The third-order valence-corrected chi connectivity index (χ3v) is 6.28. The monoisotopic (exact) mass is 581 g/mol. The second kappa shape index (κ2) is 11.4. The number of halogens is 7. The number of hydrogen-bond donors (Lipinski definition) is 3. The Labute approximate surface area is 224 Å². The maximum Gasteiger partial charge on any atom is 0.490 e. The molecule has 1 aliphatic heterocycles. The van der Waals surface area contributed by atoms with Crippen molar-refractivity contribution in [3.63, 3.8) is 0 Å². The molecule has 1 aliphatic rings. The molecular weight excluding hydrogens is 560 g/mol. The Hall–Kier alpha value is -3.01. The van der Waals surface area contributed by atoms with E-state index >= 15 is 8.78 Å². The minimum Gasteiger partial charge on any atom is -0.480 e. The predicted octanol–water partition coefficient (Wildman–Crippen LogP) is 5.71. The zero-order valence-corrected chi connectivity index (χ0v) is 21.6. The second-order valence-corrected chi connectivity index (χ2v) is 10.5. The van der Waals surface area contributed by atoms with E-state index in [0.29, 0.717) is 6.42 Å². The molecule has 3 rings (SSSR count). The molecule has 0 amide bonds. The van der Waals surface area contributed by atoms with Crippen LogP contribution >= 0.6 is 23.2 Å². The lowest BCUT2D eigenvalue weighted by atomic mass is 9.64. The molecule has 7 nitrogen and oxygen atoms in total. The Kier molecular flexibility index (Phi) is 9.35. The first kappa shape index (κ1) is 31.2. The lowest BCUT2D eigenvalue weighted by Gasteiger charge is -2.36. The maximum atomic E-state index is 15.1. The van der Waals surface area contributed by atoms with Gasteiger partial charge < -0.3 is 10.2 Å². The number of carboxylic acid groups (broad SMARTS) is 2. The molecule has 0 bridgehead atoms. The van der Waals surface area contributed by atoms with Crippen LogP contribution in [0.3, 0.4) is 0 Å². The van der Waals surface area contributed by atoms with Crippen molar-refractivity contribution in [1.29, 1.82) is 5.26 Å². The number of rotatable bonds is 4. The Morgan fingerprint density at radius 3 is 2.21 bits per heavy atom. The van der Waals surface area contributed by atoms with E-state index in [1.807, 2.05) is 20.8 Å². The van der Waals surface area contributed by atoms with E-state index in [1.165, 1.54) is 24.4 Å². The average Bonchev–Trinajstić information content (AvgIpc) is 3.08. The van der Waals surface area contributed by atoms with Crippen LogP contribution < -0.4 is 5.32 Å². The maximum absolute atomic E-state index is 15.1. The number of nitrogens with one attached hydrogen (secondary N) is 1. The Morgan fingerprint density at radius 1 is 1.18 bits per heavy atom. The summed E-state index contributed by atoms with van der Waals surface area (Å²) in [7, 11) is 0. The van der Waals surface area contributed by atoms with Crippen LogP contribution in [0.25, 0.3) is 0 Å². The van der Waals surface area contributed by atoms with E-state index in [9.17, 15) is 28.3 Å². The van der Waals surface area contributed by atoms with Crippen molar-refractivity contribution in [3.05, 3.63) is 63.4 Å². The van der Waals surface area contributed by atoms with Gasteiger partial charge in [-0.1, -0.05) is 56.1 Å². The van der Waals surface area contributed by atoms with E-state index in [0.717, 1.165) is 6.07 Å². The highest BCUT2D eigenvalue weighted by atomic mass is 35.5. The summed E-state index contributed by atoms with van der Waals surface area (Å²) in [5.74, 6) is -7.08. The fourth-order valence-corrected chi connectivity index (χ4v) is 4.71. The molecule has 2 heterocycles. The number of benzene rings is 1. The summed E-state index contributed by atoms with van der Waals surface area (Å²) in [5, 5.41) is 30.3. The summed E-state index contributed by atoms with van der Waals surface area (Å²) in [6.45, 7) is 5.72. The molecule has 0 radical (unpaired) electrons. The highest BCUT2D eigenvalue weighted by molar-refractivity contribution is 6.31. The largest absolute Gasteiger partial charge is 0.490 e. The van der Waals surface area contributed by atoms with Gasteiger partial charge in [0.15, 0.2) is 0 Å². The lowest BCUT2D eigenvalue weighted by molar-refractivity contribution is -0.192. The van der Waals surface area contributed by atoms with E-state index in [2.05, 4.69) is 16.4 Å². The number of carbonyl (C=O) groups is 2. The molecule has 1 saturated heterocycles. The first-order chi connectivity index (χ1) is 17.4. The van der Waals surface area contributed by atoms with Gasteiger partial charge in [0.1, 0.15) is 23.1 Å². The molecule has 14 heteroatoms. The number of pyridine rings is 1. The summed E-state index contributed by atoms with van der Waals surface area (Å²) in [4.78, 5) is 25.2. The number of hydrogen-bond acceptors (Lipinski definition) is 5. The van der Waals surface area contributed by atoms with E-state index in [4.69, 9.17) is 33.1 Å². The molecule has 4 unspecified atom stereocenters. The van der Waals surface area contributed by atoms with Crippen LogP contribution in [0.5, 0.6) is 0 Å². The number of nitriles is 1. The van der Waals surface area contributed by atoms with Gasteiger partial charge in [0, 0.05) is 18.2 Å². The number of nitrogens with zero attached hydrogens (tertiary/aromatic N) is 2. The fraction of sp³-hybridized carbons (Fsp3) is 0.417. The highest BCUT2D eigenvalue weighted by Gasteiger charge is 2.62. The first-order valence-electron chi connectivity index (χ1n) is 10.8. The Balaban J connectivity index is 0.000000638. The molecule has 0 spiro atoms. The van der Waals surface area contributed by atoms with E-state index in [1.54, 1.807) is 0 Å². The molecule has 2 aromatic rings. The third-order valence-electron chi connectivity index (χ3n) is 5.78. The number of alkyl halides is 3. The van der Waals surface area contributed by atoms with Crippen molar-refractivity contribution >= 4 is 35.1 Å². The standard InChI is InChI=1S/C22H21Cl2F2N3O2.C2HF3O2/c1-21(2,3)8-15-22(10-27,19-14(25)7-11(23)9-28-19)16(18(29-15)20(30)31)12-5-4-6-13(24)17(12)26;3-2(4,5)1(6)7/h4-7,9,15-16,18,29H,8H2,1-3H3,(H,30,31);(H,6,7). The quantitative estimate of drug-likeness (QED) is 0.395. The molecule has 3 N–H and O–H groups in total. The van der Waals surface area contributed by atoms with Gasteiger partial charge in [-0.25, -0.2) is 13.6 Å². The molecule has 4 atom stereocenters. The van der Waals surface area contributed by atoms with Gasteiger partial charge in [0.05, 0.1) is 21.8 Å². The van der Waals surface area contributed by atoms with Gasteiger partial charge in [-0.05, 0) is 29.5 Å². The van der Waals surface area contributed by atoms with Crippen LogP contribution in [0, 0.1) is 28.4 Å². The van der Waals surface area contributed by atoms with Gasteiger partial charge in [0.25, 0.3) is 0 Å². The van der Waals surface area contributed by atoms with Gasteiger partial charge in [-0.15, -0.1) is 0 Å². The van der Waals surface area contributed by atoms with Crippen molar-refractivity contribution < 1.29 is 41.8 Å². The highest BCUT2D eigenvalue weighted by Crippen LogP contribution is 2.52. The summed E-state index contributed by atoms with van der Waals surface area (Å²) < 4.78 is 62.0. The summed E-state index contributed by atoms with van der Waals surface area (Å²) in [5.41, 5.74) is -2.58. The van der Waals surface area contributed by atoms with Crippen LogP contribution in [-0.2, 0) is 15.0 Å². The van der Waals surface area contributed by atoms with E-state index < -0.39 is 53.2 Å². The van der Waals surface area contributed by atoms with Crippen LogP contribution in [-0.4, -0.2) is 45.4 Å². The van der Waals surface area contributed by atoms with Crippen molar-refractivity contribution in [3.8, 4) is 6.07 Å². The van der Waals surface area contributed by atoms with Crippen LogP contribution in [0.1, 0.15) is 44.4 Å². The number of aromatic nitrogens is 1. The minimum atomic E-state index is -5.08. The summed E-state index contributed by atoms with van der Waals surface area (Å²) in [6.07, 6.45) is -3.60. The van der Waals surface area contributed by atoms with Crippen molar-refractivity contribution in [2.75, 3.05) is 0 Å². The normalized spacial score (nSPS) is 23.2. The van der Waals surface area contributed by atoms with Crippen LogP contribution in [0.2, 0.25) is 10.0 Å². The smallest absolute Gasteiger partial charge is 0.480 e. The fourth-order valence-electron chi connectivity index (χ4n) is 4.39. The molecule has 1 aromatic heterocycles. The van der Waals surface area contributed by atoms with Crippen molar-refractivity contribution in [1.82, 2.24) is 10.3 Å². The first-order valence-corrected chi connectivity index (χ1v) is 11.6. The number of aliphatic carboxylic acids is 2. The number of carboxylic acids is 2. The average molecular weight is 582 g/mol. The van der Waals surface area contributed by atoms with Gasteiger partial charge in [0.2, 0.25) is 0 Å². The van der Waals surface area contributed by atoms with Gasteiger partial charge in [-0.3, -0.25) is 15.1 Å². The summed E-state index contributed by atoms with van der Waals surface area (Å²) >= 11 is 11.8. The summed E-state index contributed by atoms with van der Waals surface area (Å²) in [6, 6.07) is 5.06. The Bertz CT molecular complexity index is 1260. The minimum absolute atomic E-state index is 0.0212. The van der Waals surface area contributed by atoms with Gasteiger partial charge >= 0.3 is 18.1 Å². The molecule has 0 saturated carbocycles. The predicted molar refractivity (Wildman–Crippen MR) is 127 cm³/mol.